The predicted octanol–water partition coefficient (Wildman–Crippen LogP) is 0.328. The number of carboxylic acid groups (broad SMARTS) is 1. The SMILES string of the molecule is CNC(=O)NC(=O)CSc1ccnc(C(=O)O)c1. The molecule has 0 fully saturated rings. The molecular weight excluding hydrogens is 258 g/mol. The summed E-state index contributed by atoms with van der Waals surface area (Å²) in [5.74, 6) is -1.59. The Morgan fingerprint density at radius 1 is 1.44 bits per heavy atom. The molecule has 1 rings (SSSR count). The lowest BCUT2D eigenvalue weighted by molar-refractivity contribution is -0.117. The molecule has 0 aliphatic heterocycles. The highest BCUT2D eigenvalue weighted by atomic mass is 32.2. The summed E-state index contributed by atoms with van der Waals surface area (Å²) in [6.45, 7) is 0. The molecule has 1 heterocycles. The number of carbonyl (C=O) groups is 3. The normalized spacial score (nSPS) is 9.61. The number of imide groups is 1. The molecule has 8 heteroatoms. The zero-order valence-corrected chi connectivity index (χ0v) is 10.3. The van der Waals surface area contributed by atoms with Gasteiger partial charge in [-0.2, -0.15) is 0 Å². The quantitative estimate of drug-likeness (QED) is 0.680. The van der Waals surface area contributed by atoms with Crippen LogP contribution in [0.4, 0.5) is 4.79 Å². The lowest BCUT2D eigenvalue weighted by atomic mass is 10.3. The minimum atomic E-state index is -1.13. The van der Waals surface area contributed by atoms with Crippen molar-refractivity contribution in [3.8, 4) is 0 Å². The van der Waals surface area contributed by atoms with Crippen molar-refractivity contribution in [3.63, 3.8) is 0 Å². The van der Waals surface area contributed by atoms with E-state index in [1.165, 1.54) is 19.3 Å². The minimum absolute atomic E-state index is 0.0104. The maximum absolute atomic E-state index is 11.3. The minimum Gasteiger partial charge on any atom is -0.477 e. The first-order valence-corrected chi connectivity index (χ1v) is 5.85. The van der Waals surface area contributed by atoms with Gasteiger partial charge in [-0.25, -0.2) is 14.6 Å². The van der Waals surface area contributed by atoms with Crippen LogP contribution in [0.1, 0.15) is 10.5 Å². The Kier molecular flexibility index (Phi) is 5.12. The number of nitrogens with one attached hydrogen (secondary N) is 2. The van der Waals surface area contributed by atoms with Crippen LogP contribution in [0.25, 0.3) is 0 Å². The summed E-state index contributed by atoms with van der Waals surface area (Å²) in [6, 6.07) is 2.37. The molecule has 96 valence electrons. The fourth-order valence-electron chi connectivity index (χ4n) is 0.992. The van der Waals surface area contributed by atoms with Crippen LogP contribution in [-0.2, 0) is 4.79 Å². The van der Waals surface area contributed by atoms with Gasteiger partial charge in [-0.05, 0) is 12.1 Å². The molecule has 0 bridgehead atoms. The molecule has 0 aliphatic rings. The highest BCUT2D eigenvalue weighted by Gasteiger charge is 2.09. The van der Waals surface area contributed by atoms with E-state index < -0.39 is 17.9 Å². The number of carboxylic acids is 1. The molecular formula is C10H11N3O4S. The van der Waals surface area contributed by atoms with Crippen molar-refractivity contribution in [1.82, 2.24) is 15.6 Å². The van der Waals surface area contributed by atoms with Gasteiger partial charge in [0.25, 0.3) is 0 Å². The Morgan fingerprint density at radius 3 is 2.78 bits per heavy atom. The Morgan fingerprint density at radius 2 is 2.17 bits per heavy atom. The molecule has 3 amide bonds. The van der Waals surface area contributed by atoms with E-state index in [0.717, 1.165) is 11.8 Å². The van der Waals surface area contributed by atoms with E-state index in [9.17, 15) is 14.4 Å². The van der Waals surface area contributed by atoms with E-state index in [-0.39, 0.29) is 11.4 Å². The largest absolute Gasteiger partial charge is 0.477 e. The van der Waals surface area contributed by atoms with Crippen LogP contribution >= 0.6 is 11.8 Å². The summed E-state index contributed by atoms with van der Waals surface area (Å²) in [6.07, 6.45) is 1.35. The smallest absolute Gasteiger partial charge is 0.354 e. The molecule has 3 N–H and O–H groups in total. The summed E-state index contributed by atoms with van der Waals surface area (Å²) in [5.41, 5.74) is -0.0910. The number of hydrogen-bond acceptors (Lipinski definition) is 5. The van der Waals surface area contributed by atoms with Crippen molar-refractivity contribution >= 4 is 29.7 Å². The number of aromatic carboxylic acids is 1. The van der Waals surface area contributed by atoms with Gasteiger partial charge in [0, 0.05) is 18.1 Å². The lowest BCUT2D eigenvalue weighted by Gasteiger charge is -2.03. The van der Waals surface area contributed by atoms with Crippen LogP contribution in [-0.4, -0.2) is 40.8 Å². The molecule has 0 atom stereocenters. The van der Waals surface area contributed by atoms with Crippen molar-refractivity contribution < 1.29 is 19.5 Å². The van der Waals surface area contributed by atoms with Crippen LogP contribution in [0.2, 0.25) is 0 Å². The van der Waals surface area contributed by atoms with Crippen LogP contribution in [0, 0.1) is 0 Å². The van der Waals surface area contributed by atoms with E-state index in [4.69, 9.17) is 5.11 Å². The second-order valence-corrected chi connectivity index (χ2v) is 4.15. The first-order valence-electron chi connectivity index (χ1n) is 4.86. The average molecular weight is 269 g/mol. The maximum atomic E-state index is 11.3. The van der Waals surface area contributed by atoms with Crippen molar-refractivity contribution in [2.75, 3.05) is 12.8 Å². The van der Waals surface area contributed by atoms with E-state index in [1.807, 2.05) is 0 Å². The van der Waals surface area contributed by atoms with Crippen molar-refractivity contribution in [2.45, 2.75) is 4.90 Å². The van der Waals surface area contributed by atoms with Gasteiger partial charge in [0.05, 0.1) is 5.75 Å². The fraction of sp³-hybridized carbons (Fsp3) is 0.200. The number of nitrogens with zero attached hydrogens (tertiary/aromatic N) is 1. The summed E-state index contributed by atoms with van der Waals surface area (Å²) < 4.78 is 0. The number of thioether (sulfide) groups is 1. The van der Waals surface area contributed by atoms with Gasteiger partial charge in [-0.3, -0.25) is 10.1 Å². The molecule has 0 unspecified atom stereocenters. The third-order valence-corrected chi connectivity index (χ3v) is 2.79. The lowest BCUT2D eigenvalue weighted by Crippen LogP contribution is -2.38. The first-order chi connectivity index (χ1) is 8.52. The second-order valence-electron chi connectivity index (χ2n) is 3.10. The summed E-state index contributed by atoms with van der Waals surface area (Å²) >= 11 is 1.12. The fourth-order valence-corrected chi connectivity index (χ4v) is 1.71. The number of hydrogen-bond donors (Lipinski definition) is 3. The van der Waals surface area contributed by atoms with Crippen molar-refractivity contribution in [2.24, 2.45) is 0 Å². The topological polar surface area (TPSA) is 108 Å². The van der Waals surface area contributed by atoms with Gasteiger partial charge in [0.15, 0.2) is 0 Å². The molecule has 1 aromatic heterocycles. The van der Waals surface area contributed by atoms with E-state index in [1.54, 1.807) is 6.07 Å². The van der Waals surface area contributed by atoms with Gasteiger partial charge in [-0.15, -0.1) is 11.8 Å². The van der Waals surface area contributed by atoms with Gasteiger partial charge in [0.1, 0.15) is 5.69 Å². The molecule has 7 nitrogen and oxygen atoms in total. The average Bonchev–Trinajstić information content (AvgIpc) is 2.36. The Labute approximate surface area is 107 Å². The van der Waals surface area contributed by atoms with Crippen LogP contribution < -0.4 is 10.6 Å². The van der Waals surface area contributed by atoms with Gasteiger partial charge in [-0.1, -0.05) is 0 Å². The van der Waals surface area contributed by atoms with Crippen LogP contribution in [0.15, 0.2) is 23.2 Å². The number of pyridine rings is 1. The van der Waals surface area contributed by atoms with Crippen LogP contribution in [0.5, 0.6) is 0 Å². The molecule has 1 aromatic rings. The molecule has 0 aliphatic carbocycles. The first kappa shape index (κ1) is 14.0. The third kappa shape index (κ3) is 4.42. The molecule has 18 heavy (non-hydrogen) atoms. The number of amides is 3. The molecule has 0 aromatic carbocycles. The molecule has 0 saturated heterocycles. The Bertz CT molecular complexity index is 478. The second kappa shape index (κ2) is 6.60. The Hall–Kier alpha value is -2.09. The molecule has 0 saturated carbocycles. The molecule has 0 spiro atoms. The van der Waals surface area contributed by atoms with E-state index in [0.29, 0.717) is 4.90 Å². The highest BCUT2D eigenvalue weighted by molar-refractivity contribution is 8.00. The zero-order valence-electron chi connectivity index (χ0n) is 9.47. The number of carbonyl (C=O) groups excluding carboxylic acids is 2. The number of urea groups is 1. The Balaban J connectivity index is 2.53. The highest BCUT2D eigenvalue weighted by Crippen LogP contribution is 2.17. The van der Waals surface area contributed by atoms with E-state index in [2.05, 4.69) is 15.6 Å². The molecule has 0 radical (unpaired) electrons. The summed E-state index contributed by atoms with van der Waals surface area (Å²) in [7, 11) is 1.40. The van der Waals surface area contributed by atoms with Crippen molar-refractivity contribution in [1.29, 1.82) is 0 Å². The van der Waals surface area contributed by atoms with Gasteiger partial charge >= 0.3 is 12.0 Å². The number of rotatable bonds is 4. The summed E-state index contributed by atoms with van der Waals surface area (Å²) in [4.78, 5) is 37.0. The van der Waals surface area contributed by atoms with E-state index >= 15 is 0 Å². The number of aromatic nitrogens is 1. The third-order valence-electron chi connectivity index (χ3n) is 1.80. The van der Waals surface area contributed by atoms with Gasteiger partial charge < -0.3 is 10.4 Å². The van der Waals surface area contributed by atoms with Crippen LogP contribution in [0.3, 0.4) is 0 Å². The standard InChI is InChI=1S/C10H11N3O4S/c1-11-10(17)13-8(14)5-18-6-2-3-12-7(4-6)9(15)16/h2-4H,5H2,1H3,(H,15,16)(H2,11,13,14,17). The maximum Gasteiger partial charge on any atom is 0.354 e. The predicted molar refractivity (Wildman–Crippen MR) is 64.5 cm³/mol. The zero-order chi connectivity index (χ0) is 13.5. The summed E-state index contributed by atoms with van der Waals surface area (Å²) in [5, 5.41) is 13.1. The monoisotopic (exact) mass is 269 g/mol. The van der Waals surface area contributed by atoms with Crippen molar-refractivity contribution in [3.05, 3.63) is 24.0 Å². The van der Waals surface area contributed by atoms with Gasteiger partial charge in [0.2, 0.25) is 5.91 Å².